The minimum atomic E-state index is -2.85. The van der Waals surface area contributed by atoms with Crippen molar-refractivity contribution in [3.8, 4) is 0 Å². The Morgan fingerprint density at radius 1 is 1.20 bits per heavy atom. The highest BCUT2D eigenvalue weighted by Gasteiger charge is 2.34. The van der Waals surface area contributed by atoms with Gasteiger partial charge in [-0.1, -0.05) is 20.8 Å². The zero-order chi connectivity index (χ0) is 8.36. The third-order valence-electron chi connectivity index (χ3n) is 1.88. The first kappa shape index (κ1) is 9.79. The molecule has 0 spiro atoms. The summed E-state index contributed by atoms with van der Waals surface area (Å²) in [4.78, 5) is 0. The Bertz CT molecular complexity index is 99.0. The molecule has 62 valence electrons. The number of hydrogen-bond donors (Lipinski definition) is 0. The Labute approximate surface area is 59.4 Å². The van der Waals surface area contributed by atoms with Crippen molar-refractivity contribution in [3.63, 3.8) is 0 Å². The Balaban J connectivity index is 4.03. The normalized spacial score (nSPS) is 15.9. The van der Waals surface area contributed by atoms with Crippen LogP contribution in [-0.4, -0.2) is 12.6 Å². The van der Waals surface area contributed by atoms with Crippen LogP contribution in [0.1, 0.15) is 27.2 Å². The molecule has 0 heterocycles. The van der Waals surface area contributed by atoms with Crippen molar-refractivity contribution in [2.24, 2.45) is 5.41 Å². The molecule has 3 heteroatoms. The molecule has 0 nitrogen and oxygen atoms in total. The monoisotopic (exact) mass is 154 g/mol. The highest BCUT2D eigenvalue weighted by Crippen LogP contribution is 2.31. The molecule has 0 aromatic carbocycles. The molecule has 0 radical (unpaired) electrons. The lowest BCUT2D eigenvalue weighted by Crippen LogP contribution is -2.30. The lowest BCUT2D eigenvalue weighted by Gasteiger charge is -2.26. The molecule has 0 saturated carbocycles. The molecule has 0 fully saturated rings. The summed E-state index contributed by atoms with van der Waals surface area (Å²) in [5.41, 5.74) is -0.895. The lowest BCUT2D eigenvalue weighted by molar-refractivity contribution is -0.0185. The average Bonchev–Trinajstić information content (AvgIpc) is 1.86. The molecule has 0 bridgehead atoms. The van der Waals surface area contributed by atoms with E-state index in [0.29, 0.717) is 6.42 Å². The molecule has 1 atom stereocenters. The first-order valence-electron chi connectivity index (χ1n) is 3.34. The molecule has 0 aliphatic heterocycles. The zero-order valence-electron chi connectivity index (χ0n) is 6.50. The summed E-state index contributed by atoms with van der Waals surface area (Å²) in [6.45, 7) is 4.71. The summed E-state index contributed by atoms with van der Waals surface area (Å²) in [5, 5.41) is 0. The molecule has 0 aliphatic carbocycles. The van der Waals surface area contributed by atoms with Crippen molar-refractivity contribution in [2.45, 2.75) is 39.8 Å². The van der Waals surface area contributed by atoms with Crippen LogP contribution in [0.15, 0.2) is 0 Å². The van der Waals surface area contributed by atoms with Crippen molar-refractivity contribution >= 4 is 0 Å². The minimum Gasteiger partial charge on any atom is -0.241 e. The van der Waals surface area contributed by atoms with Crippen LogP contribution in [0.2, 0.25) is 0 Å². The maximum atomic E-state index is 12.6. The van der Waals surface area contributed by atoms with E-state index in [9.17, 15) is 13.2 Å². The van der Waals surface area contributed by atoms with Gasteiger partial charge in [0.15, 0.2) is 6.17 Å². The summed E-state index contributed by atoms with van der Waals surface area (Å²) in [7, 11) is 0. The van der Waals surface area contributed by atoms with E-state index in [1.165, 1.54) is 13.8 Å². The van der Waals surface area contributed by atoms with Crippen molar-refractivity contribution < 1.29 is 13.2 Å². The second kappa shape index (κ2) is 3.26. The predicted octanol–water partition coefficient (Wildman–Crippen LogP) is 3.03. The topological polar surface area (TPSA) is 0 Å². The SMILES string of the molecule is CCC(C)(C)C(F)C(F)F. The van der Waals surface area contributed by atoms with Crippen molar-refractivity contribution in [2.75, 3.05) is 0 Å². The Morgan fingerprint density at radius 2 is 1.60 bits per heavy atom. The molecule has 0 aliphatic rings. The van der Waals surface area contributed by atoms with Crippen LogP contribution in [0.25, 0.3) is 0 Å². The molecule has 0 aromatic heterocycles. The standard InChI is InChI=1S/C7H13F3/c1-4-7(2,3)5(8)6(9)10/h5-6H,4H2,1-3H3. The third-order valence-corrected chi connectivity index (χ3v) is 1.88. The van der Waals surface area contributed by atoms with Crippen LogP contribution in [-0.2, 0) is 0 Å². The summed E-state index contributed by atoms with van der Waals surface area (Å²) in [6.07, 6.45) is -4.43. The first-order valence-corrected chi connectivity index (χ1v) is 3.34. The van der Waals surface area contributed by atoms with Crippen molar-refractivity contribution in [1.82, 2.24) is 0 Å². The minimum absolute atomic E-state index is 0.429. The Morgan fingerprint density at radius 3 is 1.70 bits per heavy atom. The smallest absolute Gasteiger partial charge is 0.241 e. The fourth-order valence-electron chi connectivity index (χ4n) is 0.536. The van der Waals surface area contributed by atoms with E-state index in [1.54, 1.807) is 6.92 Å². The third kappa shape index (κ3) is 2.20. The van der Waals surface area contributed by atoms with E-state index in [2.05, 4.69) is 0 Å². The molecular formula is C7H13F3. The second-order valence-electron chi connectivity index (χ2n) is 3.08. The van der Waals surface area contributed by atoms with Gasteiger partial charge in [0.2, 0.25) is 0 Å². The highest BCUT2D eigenvalue weighted by molar-refractivity contribution is 4.78. The maximum Gasteiger partial charge on any atom is 0.269 e. The highest BCUT2D eigenvalue weighted by atomic mass is 19.3. The lowest BCUT2D eigenvalue weighted by atomic mass is 9.85. The van der Waals surface area contributed by atoms with Crippen LogP contribution in [0.5, 0.6) is 0 Å². The second-order valence-corrected chi connectivity index (χ2v) is 3.08. The molecule has 0 saturated heterocycles. The largest absolute Gasteiger partial charge is 0.269 e. The molecule has 0 amide bonds. The van der Waals surface area contributed by atoms with Gasteiger partial charge in [-0.05, 0) is 6.42 Å². The van der Waals surface area contributed by atoms with Gasteiger partial charge < -0.3 is 0 Å². The van der Waals surface area contributed by atoms with Crippen LogP contribution >= 0.6 is 0 Å². The van der Waals surface area contributed by atoms with Crippen LogP contribution in [0.4, 0.5) is 13.2 Å². The quantitative estimate of drug-likeness (QED) is 0.586. The van der Waals surface area contributed by atoms with Gasteiger partial charge in [-0.25, -0.2) is 13.2 Å². The van der Waals surface area contributed by atoms with E-state index in [4.69, 9.17) is 0 Å². The zero-order valence-corrected chi connectivity index (χ0v) is 6.50. The van der Waals surface area contributed by atoms with Gasteiger partial charge in [0.1, 0.15) is 0 Å². The summed E-state index contributed by atoms with van der Waals surface area (Å²) < 4.78 is 36.0. The Hall–Kier alpha value is -0.210. The summed E-state index contributed by atoms with van der Waals surface area (Å²) >= 11 is 0. The molecule has 0 aromatic rings. The molecule has 1 unspecified atom stereocenters. The van der Waals surface area contributed by atoms with Gasteiger partial charge in [0.25, 0.3) is 6.43 Å². The molecule has 0 N–H and O–H groups in total. The van der Waals surface area contributed by atoms with E-state index >= 15 is 0 Å². The predicted molar refractivity (Wildman–Crippen MR) is 35.0 cm³/mol. The van der Waals surface area contributed by atoms with Crippen LogP contribution < -0.4 is 0 Å². The molecular weight excluding hydrogens is 141 g/mol. The van der Waals surface area contributed by atoms with Gasteiger partial charge in [-0.15, -0.1) is 0 Å². The first-order chi connectivity index (χ1) is 4.41. The Kier molecular flexibility index (Phi) is 3.19. The van der Waals surface area contributed by atoms with E-state index in [1.807, 2.05) is 0 Å². The number of halogens is 3. The maximum absolute atomic E-state index is 12.6. The van der Waals surface area contributed by atoms with Crippen LogP contribution in [0.3, 0.4) is 0 Å². The van der Waals surface area contributed by atoms with E-state index < -0.39 is 18.0 Å². The summed E-state index contributed by atoms with van der Waals surface area (Å²) in [6, 6.07) is 0. The fraction of sp³-hybridized carbons (Fsp3) is 1.00. The number of rotatable bonds is 3. The fourth-order valence-corrected chi connectivity index (χ4v) is 0.536. The van der Waals surface area contributed by atoms with E-state index in [0.717, 1.165) is 0 Å². The van der Waals surface area contributed by atoms with Gasteiger partial charge >= 0.3 is 0 Å². The molecule has 0 rings (SSSR count). The van der Waals surface area contributed by atoms with Crippen LogP contribution in [0, 0.1) is 5.41 Å². The van der Waals surface area contributed by atoms with Gasteiger partial charge in [-0.3, -0.25) is 0 Å². The molecule has 10 heavy (non-hydrogen) atoms. The summed E-state index contributed by atoms with van der Waals surface area (Å²) in [5.74, 6) is 0. The van der Waals surface area contributed by atoms with Gasteiger partial charge in [-0.2, -0.15) is 0 Å². The van der Waals surface area contributed by atoms with Crippen molar-refractivity contribution in [3.05, 3.63) is 0 Å². The van der Waals surface area contributed by atoms with Gasteiger partial charge in [0, 0.05) is 5.41 Å². The van der Waals surface area contributed by atoms with E-state index in [-0.39, 0.29) is 0 Å². The van der Waals surface area contributed by atoms with Crippen molar-refractivity contribution in [1.29, 1.82) is 0 Å². The van der Waals surface area contributed by atoms with Gasteiger partial charge in [0.05, 0.1) is 0 Å². The number of alkyl halides is 3. The number of hydrogen-bond acceptors (Lipinski definition) is 0. The average molecular weight is 154 g/mol.